The molecule has 1 aromatic carbocycles. The molecule has 38 heavy (non-hydrogen) atoms. The highest BCUT2D eigenvalue weighted by molar-refractivity contribution is 7.13. The number of nitrogens with one attached hydrogen (secondary N) is 3. The SMILES string of the molecule is C=C/C(=C\C(=C/C)c1ncc2[nH]nc(-c3nc4c(-c5cccs5)cccc4[nH]3)c2c1F)NC(=C)CCCC. The zero-order valence-electron chi connectivity index (χ0n) is 21.4. The van der Waals surface area contributed by atoms with E-state index in [1.54, 1.807) is 23.6 Å². The molecule has 192 valence electrons. The summed E-state index contributed by atoms with van der Waals surface area (Å²) in [5.41, 5.74) is 6.06. The van der Waals surface area contributed by atoms with Crippen molar-refractivity contribution in [2.75, 3.05) is 0 Å². The van der Waals surface area contributed by atoms with Gasteiger partial charge in [0, 0.05) is 27.4 Å². The quantitative estimate of drug-likeness (QED) is 0.161. The van der Waals surface area contributed by atoms with Crippen molar-refractivity contribution in [2.24, 2.45) is 0 Å². The molecule has 0 saturated carbocycles. The molecule has 0 aliphatic rings. The van der Waals surface area contributed by atoms with Crippen LogP contribution in [0, 0.1) is 5.82 Å². The Morgan fingerprint density at radius 2 is 2.08 bits per heavy atom. The number of rotatable bonds is 10. The van der Waals surface area contributed by atoms with Crippen LogP contribution in [0.5, 0.6) is 0 Å². The van der Waals surface area contributed by atoms with Crippen LogP contribution < -0.4 is 5.32 Å². The number of hydrogen-bond acceptors (Lipinski definition) is 5. The van der Waals surface area contributed by atoms with Gasteiger partial charge in [-0.25, -0.2) is 9.37 Å². The summed E-state index contributed by atoms with van der Waals surface area (Å²) in [4.78, 5) is 13.7. The normalized spacial score (nSPS) is 12.4. The molecule has 0 saturated heterocycles. The number of allylic oxidation sites excluding steroid dienone is 5. The summed E-state index contributed by atoms with van der Waals surface area (Å²) in [6.07, 6.45) is 9.93. The predicted molar refractivity (Wildman–Crippen MR) is 156 cm³/mol. The zero-order valence-corrected chi connectivity index (χ0v) is 22.3. The Morgan fingerprint density at radius 3 is 2.82 bits per heavy atom. The maximum absolute atomic E-state index is 16.1. The van der Waals surface area contributed by atoms with E-state index in [-0.39, 0.29) is 5.69 Å². The van der Waals surface area contributed by atoms with Gasteiger partial charge < -0.3 is 10.3 Å². The number of nitrogens with zero attached hydrogens (tertiary/aromatic N) is 3. The van der Waals surface area contributed by atoms with Gasteiger partial charge in [0.15, 0.2) is 11.6 Å². The molecule has 0 unspecified atom stereocenters. The van der Waals surface area contributed by atoms with Crippen molar-refractivity contribution in [1.82, 2.24) is 30.5 Å². The van der Waals surface area contributed by atoms with E-state index in [1.807, 2.05) is 48.7 Å². The number of benzene rings is 1. The first-order valence-electron chi connectivity index (χ1n) is 12.5. The standard InChI is InChI=1S/C30H29FN6S/c1-5-8-11-18(4)33-20(7-3)16-19(6-2)27-26(31)25-23(17-32-27)36-37-29(25)30-34-22-13-9-12-21(28(22)35-30)24-14-10-15-38-24/h6-7,9-10,12-17,33H,3-5,8,11H2,1-2H3,(H,34,35)(H,36,37)/b19-6+,20-16+. The van der Waals surface area contributed by atoms with E-state index in [9.17, 15) is 0 Å². The Morgan fingerprint density at radius 1 is 1.21 bits per heavy atom. The van der Waals surface area contributed by atoms with Gasteiger partial charge in [-0.05, 0) is 49.4 Å². The number of para-hydroxylation sites is 1. The number of thiophene rings is 1. The van der Waals surface area contributed by atoms with Crippen molar-refractivity contribution in [2.45, 2.75) is 33.1 Å². The minimum Gasteiger partial charge on any atom is -0.359 e. The number of aromatic amines is 2. The van der Waals surface area contributed by atoms with Crippen LogP contribution in [0.15, 0.2) is 84.7 Å². The second-order valence-corrected chi connectivity index (χ2v) is 9.87. The number of pyridine rings is 1. The molecule has 0 fully saturated rings. The summed E-state index contributed by atoms with van der Waals surface area (Å²) < 4.78 is 16.1. The first-order valence-corrected chi connectivity index (χ1v) is 13.4. The third-order valence-electron chi connectivity index (χ3n) is 6.34. The molecule has 5 aromatic rings. The monoisotopic (exact) mass is 524 g/mol. The molecule has 4 aromatic heterocycles. The van der Waals surface area contributed by atoms with Gasteiger partial charge in [-0.1, -0.05) is 50.8 Å². The predicted octanol–water partition coefficient (Wildman–Crippen LogP) is 8.14. The lowest BCUT2D eigenvalue weighted by Gasteiger charge is -2.12. The van der Waals surface area contributed by atoms with Crippen molar-refractivity contribution in [1.29, 1.82) is 0 Å². The molecule has 0 aliphatic heterocycles. The lowest BCUT2D eigenvalue weighted by molar-refractivity contribution is 0.630. The Labute approximate surface area is 224 Å². The highest BCUT2D eigenvalue weighted by atomic mass is 32.1. The minimum absolute atomic E-state index is 0.221. The van der Waals surface area contributed by atoms with E-state index in [2.05, 4.69) is 51.6 Å². The van der Waals surface area contributed by atoms with Crippen LogP contribution in [0.2, 0.25) is 0 Å². The molecular weight excluding hydrogens is 495 g/mol. The molecule has 0 amide bonds. The molecule has 0 atom stereocenters. The van der Waals surface area contributed by atoms with E-state index >= 15 is 4.39 Å². The third-order valence-corrected chi connectivity index (χ3v) is 7.24. The van der Waals surface area contributed by atoms with E-state index in [0.29, 0.717) is 28.0 Å². The third kappa shape index (κ3) is 4.82. The molecule has 8 heteroatoms. The summed E-state index contributed by atoms with van der Waals surface area (Å²) in [5.74, 6) is 0.0207. The average molecular weight is 525 g/mol. The average Bonchev–Trinajstić information content (AvgIpc) is 3.69. The number of halogens is 1. The molecule has 0 bridgehead atoms. The van der Waals surface area contributed by atoms with Gasteiger partial charge in [0.1, 0.15) is 11.4 Å². The Bertz CT molecular complexity index is 1690. The molecule has 6 nitrogen and oxygen atoms in total. The van der Waals surface area contributed by atoms with Crippen LogP contribution in [0.3, 0.4) is 0 Å². The van der Waals surface area contributed by atoms with Gasteiger partial charge in [-0.15, -0.1) is 11.3 Å². The molecule has 0 spiro atoms. The van der Waals surface area contributed by atoms with Crippen LogP contribution in [0.1, 0.15) is 38.8 Å². The minimum atomic E-state index is -0.470. The lowest BCUT2D eigenvalue weighted by Crippen LogP contribution is -2.10. The van der Waals surface area contributed by atoms with E-state index in [4.69, 9.17) is 4.98 Å². The van der Waals surface area contributed by atoms with Gasteiger partial charge in [0.05, 0.1) is 28.1 Å². The molecule has 5 rings (SSSR count). The van der Waals surface area contributed by atoms with Crippen LogP contribution >= 0.6 is 11.3 Å². The van der Waals surface area contributed by atoms with Crippen LogP contribution in [-0.2, 0) is 0 Å². The van der Waals surface area contributed by atoms with Crippen LogP contribution in [0.4, 0.5) is 4.39 Å². The van der Waals surface area contributed by atoms with Crippen molar-refractivity contribution in [3.8, 4) is 22.0 Å². The smallest absolute Gasteiger partial charge is 0.161 e. The van der Waals surface area contributed by atoms with Gasteiger partial charge in [-0.2, -0.15) is 5.10 Å². The van der Waals surface area contributed by atoms with Crippen LogP contribution in [0.25, 0.3) is 49.5 Å². The molecule has 3 N–H and O–H groups in total. The molecular formula is C30H29FN6S. The highest BCUT2D eigenvalue weighted by Gasteiger charge is 2.21. The van der Waals surface area contributed by atoms with Crippen molar-refractivity contribution in [3.63, 3.8) is 0 Å². The molecule has 0 radical (unpaired) electrons. The fourth-order valence-electron chi connectivity index (χ4n) is 4.38. The lowest BCUT2D eigenvalue weighted by atomic mass is 10.1. The molecule has 0 aliphatic carbocycles. The summed E-state index contributed by atoms with van der Waals surface area (Å²) in [7, 11) is 0. The number of imidazole rings is 1. The maximum Gasteiger partial charge on any atom is 0.161 e. The Hall–Kier alpha value is -4.30. The first-order chi connectivity index (χ1) is 18.5. The fourth-order valence-corrected chi connectivity index (χ4v) is 5.13. The van der Waals surface area contributed by atoms with Crippen molar-refractivity contribution >= 4 is 38.8 Å². The number of H-pyrrole nitrogens is 2. The van der Waals surface area contributed by atoms with E-state index in [1.165, 1.54) is 0 Å². The number of fused-ring (bicyclic) bond motifs is 2. The summed E-state index contributed by atoms with van der Waals surface area (Å²) >= 11 is 1.65. The summed E-state index contributed by atoms with van der Waals surface area (Å²) in [6.45, 7) is 12.0. The summed E-state index contributed by atoms with van der Waals surface area (Å²) in [6, 6.07) is 10.1. The zero-order chi connectivity index (χ0) is 26.6. The van der Waals surface area contributed by atoms with Gasteiger partial charge in [-0.3, -0.25) is 10.1 Å². The van der Waals surface area contributed by atoms with E-state index < -0.39 is 5.82 Å². The van der Waals surface area contributed by atoms with Gasteiger partial charge >= 0.3 is 0 Å². The Kier molecular flexibility index (Phi) is 7.33. The van der Waals surface area contributed by atoms with Crippen LogP contribution in [-0.4, -0.2) is 25.1 Å². The Balaban J connectivity index is 1.56. The number of aromatic nitrogens is 5. The largest absolute Gasteiger partial charge is 0.359 e. The summed E-state index contributed by atoms with van der Waals surface area (Å²) in [5, 5.41) is 13.0. The fraction of sp³-hybridized carbons (Fsp3) is 0.167. The van der Waals surface area contributed by atoms with Crippen molar-refractivity contribution in [3.05, 3.63) is 96.2 Å². The van der Waals surface area contributed by atoms with Crippen molar-refractivity contribution < 1.29 is 4.39 Å². The van der Waals surface area contributed by atoms with E-state index in [0.717, 1.165) is 52.1 Å². The second kappa shape index (κ2) is 11.0. The van der Waals surface area contributed by atoms with Gasteiger partial charge in [0.25, 0.3) is 0 Å². The topological polar surface area (TPSA) is 82.3 Å². The molecule has 4 heterocycles. The number of unbranched alkanes of at least 4 members (excludes halogenated alkanes) is 1. The highest BCUT2D eigenvalue weighted by Crippen LogP contribution is 2.35. The van der Waals surface area contributed by atoms with Gasteiger partial charge in [0.2, 0.25) is 0 Å². The maximum atomic E-state index is 16.1. The second-order valence-electron chi connectivity index (χ2n) is 8.93. The number of hydrogen-bond donors (Lipinski definition) is 3. The first kappa shape index (κ1) is 25.4.